The number of aliphatic hydroxyl groups excluding tert-OH is 1. The molecule has 2 rings (SSSR count). The summed E-state index contributed by atoms with van der Waals surface area (Å²) < 4.78 is 5.54. The summed E-state index contributed by atoms with van der Waals surface area (Å²) in [6, 6.07) is 19.6. The molecule has 0 unspecified atom stereocenters. The van der Waals surface area contributed by atoms with Gasteiger partial charge in [-0.2, -0.15) is 0 Å². The van der Waals surface area contributed by atoms with E-state index in [2.05, 4.69) is 38.2 Å². The molecule has 2 atom stereocenters. The quantitative estimate of drug-likeness (QED) is 0.573. The van der Waals surface area contributed by atoms with Gasteiger partial charge < -0.3 is 15.2 Å². The van der Waals surface area contributed by atoms with E-state index in [1.807, 2.05) is 76.2 Å². The monoisotopic (exact) mass is 442 g/mol. The van der Waals surface area contributed by atoms with Crippen molar-refractivity contribution in [1.29, 1.82) is 0 Å². The fourth-order valence-electron chi connectivity index (χ4n) is 2.91. The lowest BCUT2D eigenvalue weighted by Gasteiger charge is -2.34. The Labute approximate surface area is 194 Å². The number of benzene rings is 2. The van der Waals surface area contributed by atoms with Gasteiger partial charge in [0.05, 0.1) is 12.1 Å². The molecule has 0 fully saturated rings. The molecule has 0 aromatic heterocycles. The van der Waals surface area contributed by atoms with Crippen LogP contribution >= 0.6 is 0 Å². The number of ether oxygens (including phenoxy) is 1. The Balaban J connectivity index is 0.000000616. The molecular weight excluding hydrogens is 400 g/mol. The standard InChI is InChI=1S/C20H34N2O3.C7H8/c1-15(2)12-21-13-18(23)16(3)22(19(24)25-20(4,5)6)14-17-10-8-7-9-11-17;1-7-5-3-2-4-6-7/h7-11,15-16,18,21,23H,12-14H2,1-6H3;2-6H,1H3/t16-,18+;/m0./s1. The van der Waals surface area contributed by atoms with Gasteiger partial charge in [0.25, 0.3) is 0 Å². The van der Waals surface area contributed by atoms with Crippen LogP contribution in [0.3, 0.4) is 0 Å². The largest absolute Gasteiger partial charge is 0.444 e. The summed E-state index contributed by atoms with van der Waals surface area (Å²) in [6.07, 6.45) is -1.08. The van der Waals surface area contributed by atoms with Gasteiger partial charge in [0.2, 0.25) is 0 Å². The van der Waals surface area contributed by atoms with E-state index < -0.39 is 17.8 Å². The second-order valence-electron chi connectivity index (χ2n) is 9.61. The highest BCUT2D eigenvalue weighted by molar-refractivity contribution is 5.68. The molecule has 5 heteroatoms. The summed E-state index contributed by atoms with van der Waals surface area (Å²) in [6.45, 7) is 15.4. The molecule has 0 bridgehead atoms. The molecule has 178 valence electrons. The van der Waals surface area contributed by atoms with E-state index in [4.69, 9.17) is 4.74 Å². The van der Waals surface area contributed by atoms with Gasteiger partial charge in [-0.3, -0.25) is 4.90 Å². The first-order chi connectivity index (χ1) is 15.0. The fourth-order valence-corrected chi connectivity index (χ4v) is 2.91. The van der Waals surface area contributed by atoms with Gasteiger partial charge in [0.15, 0.2) is 0 Å². The Bertz CT molecular complexity index is 757. The van der Waals surface area contributed by atoms with Crippen LogP contribution in [-0.4, -0.2) is 46.9 Å². The highest BCUT2D eigenvalue weighted by Crippen LogP contribution is 2.17. The van der Waals surface area contributed by atoms with Gasteiger partial charge in [-0.25, -0.2) is 4.79 Å². The predicted molar refractivity (Wildman–Crippen MR) is 133 cm³/mol. The topological polar surface area (TPSA) is 61.8 Å². The molecule has 5 nitrogen and oxygen atoms in total. The van der Waals surface area contributed by atoms with Gasteiger partial charge in [-0.05, 0) is 52.6 Å². The molecule has 2 aromatic carbocycles. The summed E-state index contributed by atoms with van der Waals surface area (Å²) in [4.78, 5) is 14.3. The summed E-state index contributed by atoms with van der Waals surface area (Å²) in [5.41, 5.74) is 1.75. The third-order valence-corrected chi connectivity index (χ3v) is 4.72. The van der Waals surface area contributed by atoms with Crippen molar-refractivity contribution in [2.24, 2.45) is 5.92 Å². The number of nitrogens with zero attached hydrogens (tertiary/aromatic N) is 1. The van der Waals surface area contributed by atoms with Crippen LogP contribution in [0.5, 0.6) is 0 Å². The van der Waals surface area contributed by atoms with Gasteiger partial charge in [-0.15, -0.1) is 0 Å². The lowest BCUT2D eigenvalue weighted by Crippen LogP contribution is -2.49. The first-order valence-corrected chi connectivity index (χ1v) is 11.4. The molecule has 0 saturated heterocycles. The number of carbonyl (C=O) groups excluding carboxylic acids is 1. The highest BCUT2D eigenvalue weighted by atomic mass is 16.6. The Hall–Kier alpha value is -2.37. The number of hydrogen-bond acceptors (Lipinski definition) is 4. The number of aliphatic hydroxyl groups is 1. The number of amides is 1. The Morgan fingerprint density at radius 2 is 1.50 bits per heavy atom. The summed E-state index contributed by atoms with van der Waals surface area (Å²) in [5.74, 6) is 0.508. The zero-order valence-corrected chi connectivity index (χ0v) is 20.8. The Kier molecular flexibility index (Phi) is 12.0. The third-order valence-electron chi connectivity index (χ3n) is 4.72. The number of hydrogen-bond donors (Lipinski definition) is 2. The van der Waals surface area contributed by atoms with E-state index in [0.717, 1.165) is 12.1 Å². The van der Waals surface area contributed by atoms with Crippen molar-refractivity contribution in [3.8, 4) is 0 Å². The molecular formula is C27H42N2O3. The van der Waals surface area contributed by atoms with Crippen molar-refractivity contribution >= 4 is 6.09 Å². The van der Waals surface area contributed by atoms with E-state index >= 15 is 0 Å². The summed E-state index contributed by atoms with van der Waals surface area (Å²) in [7, 11) is 0. The molecule has 0 radical (unpaired) electrons. The van der Waals surface area contributed by atoms with Crippen LogP contribution in [0.1, 0.15) is 52.7 Å². The van der Waals surface area contributed by atoms with Crippen LogP contribution in [0.4, 0.5) is 4.79 Å². The van der Waals surface area contributed by atoms with Crippen molar-refractivity contribution < 1.29 is 14.6 Å². The Morgan fingerprint density at radius 1 is 0.969 bits per heavy atom. The zero-order chi connectivity index (χ0) is 24.1. The molecule has 0 aliphatic heterocycles. The van der Waals surface area contributed by atoms with Crippen molar-refractivity contribution in [3.63, 3.8) is 0 Å². The second-order valence-corrected chi connectivity index (χ2v) is 9.61. The molecule has 0 heterocycles. The SMILES string of the molecule is CC(C)CNC[C@@H](O)[C@H](C)N(Cc1ccccc1)C(=O)OC(C)(C)C.Cc1ccccc1. The zero-order valence-electron chi connectivity index (χ0n) is 20.8. The van der Waals surface area contributed by atoms with Gasteiger partial charge in [0.1, 0.15) is 5.60 Å². The van der Waals surface area contributed by atoms with Crippen LogP contribution in [0.2, 0.25) is 0 Å². The number of nitrogens with one attached hydrogen (secondary N) is 1. The molecule has 0 aliphatic rings. The maximum atomic E-state index is 12.7. The molecule has 0 saturated carbocycles. The lowest BCUT2D eigenvalue weighted by atomic mass is 10.1. The first-order valence-electron chi connectivity index (χ1n) is 11.4. The summed E-state index contributed by atoms with van der Waals surface area (Å²) in [5, 5.41) is 13.8. The van der Waals surface area contributed by atoms with E-state index in [1.165, 1.54) is 5.56 Å². The van der Waals surface area contributed by atoms with Crippen LogP contribution in [0.25, 0.3) is 0 Å². The van der Waals surface area contributed by atoms with Crippen molar-refractivity contribution in [2.75, 3.05) is 13.1 Å². The average Bonchev–Trinajstić information content (AvgIpc) is 2.71. The van der Waals surface area contributed by atoms with E-state index in [1.54, 1.807) is 4.90 Å². The summed E-state index contributed by atoms with van der Waals surface area (Å²) >= 11 is 0. The maximum absolute atomic E-state index is 12.7. The molecule has 0 spiro atoms. The number of rotatable bonds is 8. The fraction of sp³-hybridized carbons (Fsp3) is 0.519. The maximum Gasteiger partial charge on any atom is 0.410 e. The molecule has 2 N–H and O–H groups in total. The van der Waals surface area contributed by atoms with Crippen molar-refractivity contribution in [1.82, 2.24) is 10.2 Å². The number of aryl methyl sites for hydroxylation is 1. The molecule has 0 aliphatic carbocycles. The van der Waals surface area contributed by atoms with E-state index in [9.17, 15) is 9.90 Å². The average molecular weight is 443 g/mol. The van der Waals surface area contributed by atoms with Gasteiger partial charge in [0, 0.05) is 13.1 Å². The van der Waals surface area contributed by atoms with Crippen LogP contribution in [0, 0.1) is 12.8 Å². The molecule has 32 heavy (non-hydrogen) atoms. The van der Waals surface area contributed by atoms with E-state index in [-0.39, 0.29) is 6.04 Å². The van der Waals surface area contributed by atoms with Crippen LogP contribution in [0.15, 0.2) is 60.7 Å². The molecule has 2 aromatic rings. The second kappa shape index (κ2) is 13.9. The predicted octanol–water partition coefficient (Wildman–Crippen LogP) is 5.41. The minimum absolute atomic E-state index is 0.366. The van der Waals surface area contributed by atoms with Crippen LogP contribution in [-0.2, 0) is 11.3 Å². The van der Waals surface area contributed by atoms with E-state index in [0.29, 0.717) is 19.0 Å². The molecule has 1 amide bonds. The normalized spacial score (nSPS) is 13.0. The Morgan fingerprint density at radius 3 is 1.94 bits per heavy atom. The third kappa shape index (κ3) is 11.9. The minimum Gasteiger partial charge on any atom is -0.444 e. The van der Waals surface area contributed by atoms with Gasteiger partial charge >= 0.3 is 6.09 Å². The minimum atomic E-state index is -0.671. The number of carbonyl (C=O) groups is 1. The van der Waals surface area contributed by atoms with Crippen molar-refractivity contribution in [2.45, 2.75) is 72.8 Å². The lowest BCUT2D eigenvalue weighted by molar-refractivity contribution is -0.00469. The van der Waals surface area contributed by atoms with Gasteiger partial charge in [-0.1, -0.05) is 80.1 Å². The first kappa shape index (κ1) is 27.7. The highest BCUT2D eigenvalue weighted by Gasteiger charge is 2.30. The van der Waals surface area contributed by atoms with Crippen LogP contribution < -0.4 is 5.32 Å². The smallest absolute Gasteiger partial charge is 0.410 e. The van der Waals surface area contributed by atoms with Crippen molar-refractivity contribution in [3.05, 3.63) is 71.8 Å².